The minimum absolute atomic E-state index is 0.0944. The summed E-state index contributed by atoms with van der Waals surface area (Å²) >= 11 is 0. The molecule has 12 heteroatoms. The molecule has 1 atom stereocenters. The van der Waals surface area contributed by atoms with Gasteiger partial charge in [0, 0.05) is 28.6 Å². The Kier molecular flexibility index (Phi) is 8.62. The van der Waals surface area contributed by atoms with Crippen LogP contribution < -0.4 is 5.32 Å². The van der Waals surface area contributed by atoms with Crippen molar-refractivity contribution in [2.45, 2.75) is 42.9 Å². The van der Waals surface area contributed by atoms with Crippen molar-refractivity contribution >= 4 is 26.6 Å². The molecule has 0 radical (unpaired) electrons. The fourth-order valence-electron chi connectivity index (χ4n) is 5.20. The number of nitrogens with one attached hydrogen (secondary N) is 1. The standard InChI is InChI=1S/C31H29F5N2O4S/c32-11-12-38-25(14-21-3-7-24(33)16-27(21)31(34,35)36)15-23-13-22(6-10-29(23)38)30(40)37-28(17-39)20-4-8-26(9-5-20)43(41,42)18-19-1-2-19/h3-10,13,15-16,19,28,39H,1-2,11-12,14,17-18H2,(H,37,40). The summed E-state index contributed by atoms with van der Waals surface area (Å²) in [7, 11) is -3.42. The van der Waals surface area contributed by atoms with Crippen LogP contribution in [0.4, 0.5) is 22.0 Å². The number of sulfone groups is 1. The van der Waals surface area contributed by atoms with Gasteiger partial charge in [0.15, 0.2) is 9.84 Å². The monoisotopic (exact) mass is 620 g/mol. The summed E-state index contributed by atoms with van der Waals surface area (Å²) in [5.74, 6) is -1.29. The number of rotatable bonds is 11. The summed E-state index contributed by atoms with van der Waals surface area (Å²) in [5.41, 5.74) is 0.253. The number of aromatic nitrogens is 1. The van der Waals surface area contributed by atoms with Crippen LogP contribution in [0.3, 0.4) is 0 Å². The fourth-order valence-corrected chi connectivity index (χ4v) is 6.90. The van der Waals surface area contributed by atoms with Gasteiger partial charge >= 0.3 is 6.18 Å². The Hall–Kier alpha value is -3.77. The molecule has 1 unspecified atom stereocenters. The van der Waals surface area contributed by atoms with Gasteiger partial charge in [0.2, 0.25) is 0 Å². The van der Waals surface area contributed by atoms with Crippen LogP contribution in [0.1, 0.15) is 51.6 Å². The van der Waals surface area contributed by atoms with Crippen molar-refractivity contribution in [3.8, 4) is 0 Å². The van der Waals surface area contributed by atoms with E-state index in [9.17, 15) is 40.3 Å². The van der Waals surface area contributed by atoms with Gasteiger partial charge in [-0.1, -0.05) is 18.2 Å². The van der Waals surface area contributed by atoms with Gasteiger partial charge in [-0.15, -0.1) is 0 Å². The average molecular weight is 621 g/mol. The average Bonchev–Trinajstić information content (AvgIpc) is 3.71. The molecule has 0 aliphatic heterocycles. The van der Waals surface area contributed by atoms with Crippen LogP contribution in [0.5, 0.6) is 0 Å². The highest BCUT2D eigenvalue weighted by atomic mass is 32.2. The van der Waals surface area contributed by atoms with Crippen LogP contribution in [0.25, 0.3) is 10.9 Å². The van der Waals surface area contributed by atoms with E-state index in [2.05, 4.69) is 5.32 Å². The van der Waals surface area contributed by atoms with E-state index in [0.717, 1.165) is 25.0 Å². The summed E-state index contributed by atoms with van der Waals surface area (Å²) in [6.07, 6.45) is -3.23. The number of alkyl halides is 4. The Morgan fingerprint density at radius 3 is 2.37 bits per heavy atom. The number of hydrogen-bond donors (Lipinski definition) is 2. The van der Waals surface area contributed by atoms with Gasteiger partial charge in [0.05, 0.1) is 35.4 Å². The fraction of sp³-hybridized carbons (Fsp3) is 0.323. The summed E-state index contributed by atoms with van der Waals surface area (Å²) in [6.45, 7) is -1.38. The second-order valence-corrected chi connectivity index (χ2v) is 12.8. The second kappa shape index (κ2) is 12.1. The molecule has 0 spiro atoms. The van der Waals surface area contributed by atoms with E-state index in [-0.39, 0.29) is 40.7 Å². The molecule has 0 saturated heterocycles. The van der Waals surface area contributed by atoms with Crippen molar-refractivity contribution in [3.05, 3.63) is 100 Å². The van der Waals surface area contributed by atoms with Crippen LogP contribution in [-0.4, -0.2) is 43.0 Å². The Balaban J connectivity index is 1.38. The van der Waals surface area contributed by atoms with Crippen molar-refractivity contribution in [2.24, 2.45) is 5.92 Å². The number of carbonyl (C=O) groups is 1. The van der Waals surface area contributed by atoms with Crippen LogP contribution in [0.2, 0.25) is 0 Å². The van der Waals surface area contributed by atoms with Gasteiger partial charge in [-0.3, -0.25) is 4.79 Å². The highest BCUT2D eigenvalue weighted by molar-refractivity contribution is 7.91. The maximum Gasteiger partial charge on any atom is 0.416 e. The van der Waals surface area contributed by atoms with Crippen LogP contribution in [0, 0.1) is 11.7 Å². The molecule has 3 aromatic carbocycles. The van der Waals surface area contributed by atoms with Crippen molar-refractivity contribution in [1.29, 1.82) is 0 Å². The van der Waals surface area contributed by atoms with Gasteiger partial charge in [0.1, 0.15) is 12.5 Å². The molecule has 1 aromatic heterocycles. The molecule has 0 bridgehead atoms. The molecule has 228 valence electrons. The third kappa shape index (κ3) is 6.91. The van der Waals surface area contributed by atoms with E-state index in [4.69, 9.17) is 0 Å². The van der Waals surface area contributed by atoms with Gasteiger partial charge in [-0.05, 0) is 78.4 Å². The van der Waals surface area contributed by atoms with Crippen LogP contribution >= 0.6 is 0 Å². The summed E-state index contributed by atoms with van der Waals surface area (Å²) < 4.78 is 94.4. The molecule has 4 aromatic rings. The molecule has 5 rings (SSSR count). The second-order valence-electron chi connectivity index (χ2n) is 10.7. The maximum absolute atomic E-state index is 13.6. The smallest absolute Gasteiger partial charge is 0.394 e. The zero-order chi connectivity index (χ0) is 30.9. The maximum atomic E-state index is 13.6. The number of benzene rings is 3. The normalized spacial score (nSPS) is 14.7. The molecule has 1 heterocycles. The minimum atomic E-state index is -4.78. The molecule has 1 saturated carbocycles. The zero-order valence-electron chi connectivity index (χ0n) is 22.9. The van der Waals surface area contributed by atoms with Crippen molar-refractivity contribution in [3.63, 3.8) is 0 Å². The van der Waals surface area contributed by atoms with Gasteiger partial charge < -0.3 is 15.0 Å². The molecule has 1 aliphatic rings. The van der Waals surface area contributed by atoms with Crippen molar-refractivity contribution in [1.82, 2.24) is 9.88 Å². The third-order valence-corrected chi connectivity index (χ3v) is 9.49. The third-order valence-electron chi connectivity index (χ3n) is 7.59. The molecular formula is C31H29F5N2O4S. The predicted octanol–water partition coefficient (Wildman–Crippen LogP) is 6.01. The molecule has 43 heavy (non-hydrogen) atoms. The van der Waals surface area contributed by atoms with Gasteiger partial charge in [-0.25, -0.2) is 17.2 Å². The quantitative estimate of drug-likeness (QED) is 0.201. The first-order chi connectivity index (χ1) is 20.4. The number of carbonyl (C=O) groups excluding carboxylic acids is 1. The lowest BCUT2D eigenvalue weighted by molar-refractivity contribution is -0.138. The summed E-state index contributed by atoms with van der Waals surface area (Å²) in [5, 5.41) is 13.2. The van der Waals surface area contributed by atoms with Crippen molar-refractivity contribution in [2.75, 3.05) is 19.0 Å². The Morgan fingerprint density at radius 1 is 1.02 bits per heavy atom. The molecular weight excluding hydrogens is 591 g/mol. The predicted molar refractivity (Wildman–Crippen MR) is 151 cm³/mol. The Morgan fingerprint density at radius 2 is 1.74 bits per heavy atom. The number of aliphatic hydroxyl groups is 1. The SMILES string of the molecule is O=C(NC(CO)c1ccc(S(=O)(=O)CC2CC2)cc1)c1ccc2c(c1)cc(Cc1ccc(F)cc1C(F)(F)F)n2CCF. The number of aliphatic hydroxyl groups excluding tert-OH is 1. The molecule has 6 nitrogen and oxygen atoms in total. The number of halogens is 5. The van der Waals surface area contributed by atoms with E-state index in [1.54, 1.807) is 12.1 Å². The number of aryl methyl sites for hydroxylation is 1. The number of hydrogen-bond acceptors (Lipinski definition) is 4. The lowest BCUT2D eigenvalue weighted by Crippen LogP contribution is -2.30. The largest absolute Gasteiger partial charge is 0.416 e. The number of nitrogens with zero attached hydrogens (tertiary/aromatic N) is 1. The van der Waals surface area contributed by atoms with E-state index >= 15 is 0 Å². The first kappa shape index (κ1) is 30.7. The van der Waals surface area contributed by atoms with Gasteiger partial charge in [-0.2, -0.15) is 13.2 Å². The van der Waals surface area contributed by atoms with E-state index in [1.165, 1.54) is 41.0 Å². The molecule has 1 aliphatic carbocycles. The van der Waals surface area contributed by atoms with Crippen LogP contribution in [0.15, 0.2) is 71.6 Å². The van der Waals surface area contributed by atoms with E-state index in [0.29, 0.717) is 28.2 Å². The van der Waals surface area contributed by atoms with Gasteiger partial charge in [0.25, 0.3) is 5.91 Å². The lowest BCUT2D eigenvalue weighted by atomic mass is 10.0. The lowest BCUT2D eigenvalue weighted by Gasteiger charge is -2.17. The molecule has 1 fully saturated rings. The summed E-state index contributed by atoms with van der Waals surface area (Å²) in [6, 6.07) is 13.7. The van der Waals surface area contributed by atoms with Crippen molar-refractivity contribution < 1.29 is 40.3 Å². The minimum Gasteiger partial charge on any atom is -0.394 e. The van der Waals surface area contributed by atoms with E-state index < -0.39 is 52.6 Å². The first-order valence-electron chi connectivity index (χ1n) is 13.7. The number of amides is 1. The highest BCUT2D eigenvalue weighted by Crippen LogP contribution is 2.35. The van der Waals surface area contributed by atoms with Crippen LogP contribution in [-0.2, 0) is 29.0 Å². The molecule has 2 N–H and O–H groups in total. The summed E-state index contributed by atoms with van der Waals surface area (Å²) in [4.78, 5) is 13.3. The highest BCUT2D eigenvalue weighted by Gasteiger charge is 2.34. The number of fused-ring (bicyclic) bond motifs is 1. The topological polar surface area (TPSA) is 88.4 Å². The van der Waals surface area contributed by atoms with E-state index in [1.807, 2.05) is 0 Å². The Labute approximate surface area is 245 Å². The zero-order valence-corrected chi connectivity index (χ0v) is 23.7. The molecule has 1 amide bonds. The first-order valence-corrected chi connectivity index (χ1v) is 15.3. The Bertz CT molecular complexity index is 1750.